The molecule has 32 heavy (non-hydrogen) atoms. The van der Waals surface area contributed by atoms with Crippen molar-refractivity contribution >= 4 is 39.5 Å². The van der Waals surface area contributed by atoms with E-state index in [1.165, 1.54) is 6.07 Å². The first-order chi connectivity index (χ1) is 15.1. The van der Waals surface area contributed by atoms with Gasteiger partial charge in [0.25, 0.3) is 0 Å². The molecule has 5 rings (SSSR count). The summed E-state index contributed by atoms with van der Waals surface area (Å²) in [6.45, 7) is 5.21. The van der Waals surface area contributed by atoms with Crippen LogP contribution in [0, 0.1) is 25.5 Å². The number of fused-ring (bicyclic) bond motifs is 4. The molecule has 0 saturated carbocycles. The average molecular weight is 496 g/mol. The van der Waals surface area contributed by atoms with E-state index < -0.39 is 28.3 Å². The number of benzene rings is 2. The second-order valence-corrected chi connectivity index (χ2v) is 14.6. The van der Waals surface area contributed by atoms with Crippen LogP contribution < -0.4 is 9.99 Å². The first kappa shape index (κ1) is 22.0. The third-order valence-electron chi connectivity index (χ3n) is 6.65. The number of amides is 1. The largest absolute Gasteiger partial charge is 0.563 e. The number of halogens is 2. The van der Waals surface area contributed by atoms with E-state index in [2.05, 4.69) is 5.09 Å². The molecule has 10 heteroatoms. The Bertz CT molecular complexity index is 1280. The first-order valence-corrected chi connectivity index (χ1v) is 14.2. The SMILES string of the molecule is Cc1ccc(F)c(C(C)[C@H]2[C-]3OC(=O)N[P+]3=S3(=O)c4ccc(Cl)cc4N(C)CCN23)c1C. The molecule has 1 fully saturated rings. The van der Waals surface area contributed by atoms with Crippen molar-refractivity contribution in [2.24, 2.45) is 0 Å². The zero-order valence-corrected chi connectivity index (χ0v) is 20.7. The number of ether oxygens (including phenoxy) is 1. The Labute approximate surface area is 193 Å². The highest BCUT2D eigenvalue weighted by molar-refractivity contribution is 8.30. The predicted octanol–water partition coefficient (Wildman–Crippen LogP) is 5.13. The molecule has 1 saturated heterocycles. The van der Waals surface area contributed by atoms with Crippen molar-refractivity contribution in [1.82, 2.24) is 9.39 Å². The highest BCUT2D eigenvalue weighted by Gasteiger charge is 2.56. The van der Waals surface area contributed by atoms with E-state index in [0.717, 1.165) is 16.8 Å². The van der Waals surface area contributed by atoms with Gasteiger partial charge in [-0.1, -0.05) is 24.6 Å². The van der Waals surface area contributed by atoms with Crippen LogP contribution in [0.3, 0.4) is 0 Å². The summed E-state index contributed by atoms with van der Waals surface area (Å²) in [7, 11) is -0.973. The van der Waals surface area contributed by atoms with Crippen LogP contribution in [-0.4, -0.2) is 40.8 Å². The molecule has 1 N–H and O–H groups in total. The summed E-state index contributed by atoms with van der Waals surface area (Å²) >= 11 is 6.26. The quantitative estimate of drug-likeness (QED) is 0.463. The van der Waals surface area contributed by atoms with Gasteiger partial charge in [0.2, 0.25) is 0 Å². The van der Waals surface area contributed by atoms with Gasteiger partial charge in [0.15, 0.2) is 16.1 Å². The van der Waals surface area contributed by atoms with Crippen LogP contribution >= 0.6 is 18.4 Å². The van der Waals surface area contributed by atoms with Crippen LogP contribution in [0.1, 0.15) is 29.5 Å². The number of aryl methyl sites for hydroxylation is 1. The fourth-order valence-electron chi connectivity index (χ4n) is 4.90. The fraction of sp³-hybridized carbons (Fsp3) is 0.364. The molecular formula is C22H24ClFN3O3PS. The molecule has 3 heterocycles. The van der Waals surface area contributed by atoms with Gasteiger partial charge in [-0.15, -0.1) is 0 Å². The lowest BCUT2D eigenvalue weighted by molar-refractivity contribution is 0.155. The van der Waals surface area contributed by atoms with Gasteiger partial charge in [-0.05, 0) is 66.8 Å². The van der Waals surface area contributed by atoms with Gasteiger partial charge in [0.05, 0.1) is 5.69 Å². The van der Waals surface area contributed by atoms with Crippen molar-refractivity contribution < 1.29 is 18.1 Å². The Hall–Kier alpha value is -1.86. The first-order valence-electron chi connectivity index (χ1n) is 10.4. The molecular weight excluding hydrogens is 472 g/mol. The van der Waals surface area contributed by atoms with Gasteiger partial charge >= 0.3 is 6.09 Å². The summed E-state index contributed by atoms with van der Waals surface area (Å²) in [5, 5.41) is 3.39. The summed E-state index contributed by atoms with van der Waals surface area (Å²) in [6, 6.07) is 8.04. The zero-order valence-electron chi connectivity index (χ0n) is 18.2. The summed E-state index contributed by atoms with van der Waals surface area (Å²) in [5.41, 5.74) is 3.19. The van der Waals surface area contributed by atoms with E-state index in [-0.39, 0.29) is 11.7 Å². The van der Waals surface area contributed by atoms with Crippen LogP contribution in [0.15, 0.2) is 35.2 Å². The molecule has 1 amide bonds. The Morgan fingerprint density at radius 3 is 2.81 bits per heavy atom. The van der Waals surface area contributed by atoms with Gasteiger partial charge in [-0.25, -0.2) is 17.7 Å². The number of anilines is 1. The minimum absolute atomic E-state index is 0.305. The van der Waals surface area contributed by atoms with E-state index in [4.69, 9.17) is 16.3 Å². The molecule has 3 unspecified atom stereocenters. The number of carbonyl (C=O) groups excluding carboxylic acids is 1. The Balaban J connectivity index is 1.74. The van der Waals surface area contributed by atoms with E-state index >= 15 is 4.39 Å². The zero-order chi connectivity index (χ0) is 22.9. The number of likely N-dealkylation sites (N-methyl/N-ethyl adjacent to an activating group) is 1. The summed E-state index contributed by atoms with van der Waals surface area (Å²) < 4.78 is 37.5. The number of nitrogens with zero attached hydrogens (tertiary/aromatic N) is 2. The second-order valence-electron chi connectivity index (χ2n) is 8.44. The number of carbonyl (C=O) groups is 1. The van der Waals surface area contributed by atoms with Crippen molar-refractivity contribution in [2.75, 3.05) is 25.0 Å². The molecule has 6 nitrogen and oxygen atoms in total. The van der Waals surface area contributed by atoms with Gasteiger partial charge in [-0.2, -0.15) is 5.09 Å². The van der Waals surface area contributed by atoms with Crippen LogP contribution in [0.5, 0.6) is 0 Å². The predicted molar refractivity (Wildman–Crippen MR) is 126 cm³/mol. The lowest BCUT2D eigenvalue weighted by Gasteiger charge is -2.36. The number of hydrogen-bond acceptors (Lipinski definition) is 4. The van der Waals surface area contributed by atoms with E-state index in [9.17, 15) is 9.00 Å². The minimum atomic E-state index is -2.91. The molecule has 0 aromatic heterocycles. The molecule has 0 bridgehead atoms. The molecule has 0 aliphatic carbocycles. The van der Waals surface area contributed by atoms with Crippen LogP contribution in [-0.2, 0) is 14.0 Å². The molecule has 0 spiro atoms. The van der Waals surface area contributed by atoms with Crippen molar-refractivity contribution in [2.45, 2.75) is 37.6 Å². The van der Waals surface area contributed by atoms with Crippen LogP contribution in [0.2, 0.25) is 5.02 Å². The molecule has 2 aromatic carbocycles. The number of hydrogen-bond donors (Lipinski definition) is 1. The summed E-state index contributed by atoms with van der Waals surface area (Å²) in [6.07, 6.45) is -0.597. The average Bonchev–Trinajstić information content (AvgIpc) is 3.20. The monoisotopic (exact) mass is 495 g/mol. The van der Waals surface area contributed by atoms with E-state index in [1.54, 1.807) is 18.2 Å². The Morgan fingerprint density at radius 1 is 1.31 bits per heavy atom. The molecule has 0 radical (unpaired) electrons. The summed E-state index contributed by atoms with van der Waals surface area (Å²) in [5.74, 6) is -0.210. The smallest absolute Gasteiger partial charge is 0.415 e. The van der Waals surface area contributed by atoms with Crippen molar-refractivity contribution in [3.63, 3.8) is 0 Å². The van der Waals surface area contributed by atoms with Crippen molar-refractivity contribution in [3.8, 4) is 0 Å². The lowest BCUT2D eigenvalue weighted by Crippen LogP contribution is -2.43. The Kier molecular flexibility index (Phi) is 5.21. The van der Waals surface area contributed by atoms with Gasteiger partial charge < -0.3 is 9.64 Å². The van der Waals surface area contributed by atoms with E-state index in [0.29, 0.717) is 34.4 Å². The molecule has 3 aliphatic heterocycles. The molecule has 2 aromatic rings. The second kappa shape index (κ2) is 7.59. The number of rotatable bonds is 2. The maximum atomic E-state index is 15.1. The van der Waals surface area contributed by atoms with Gasteiger partial charge in [0, 0.05) is 25.2 Å². The van der Waals surface area contributed by atoms with Gasteiger partial charge in [-0.3, -0.25) is 0 Å². The van der Waals surface area contributed by atoms with Crippen LogP contribution in [0.25, 0.3) is 0 Å². The van der Waals surface area contributed by atoms with Crippen LogP contribution in [0.4, 0.5) is 14.9 Å². The summed E-state index contributed by atoms with van der Waals surface area (Å²) in [4.78, 5) is 15.0. The van der Waals surface area contributed by atoms with Crippen molar-refractivity contribution in [3.05, 3.63) is 63.7 Å². The normalized spacial score (nSPS) is 27.3. The third-order valence-corrected chi connectivity index (χ3v) is 14.0. The molecule has 3 aliphatic rings. The molecule has 170 valence electrons. The maximum absolute atomic E-state index is 15.1. The third kappa shape index (κ3) is 3.00. The van der Waals surface area contributed by atoms with Gasteiger partial charge in [0.1, 0.15) is 16.6 Å². The lowest BCUT2D eigenvalue weighted by atomic mass is 9.87. The fourth-order valence-corrected chi connectivity index (χ4v) is 12.9. The number of nitrogens with one attached hydrogen (secondary N) is 1. The standard InChI is InChI=1S/C22H24ClFN3O3PS/c1-12-5-7-16(24)19(13(12)2)14(3)20-21-30-22(28)25-31(21)32(29)18-8-6-15(23)11-17(18)26(4)9-10-27(20)32/h5-8,11,14,20H,9-10H2,1-4H3,(H,25,28)/t14?,20-,32?/m0/s1. The molecule has 4 atom stereocenters. The highest BCUT2D eigenvalue weighted by Crippen LogP contribution is 2.61. The maximum Gasteiger partial charge on any atom is 0.415 e. The Morgan fingerprint density at radius 2 is 2.06 bits per heavy atom. The van der Waals surface area contributed by atoms with E-state index in [1.807, 2.05) is 43.1 Å². The minimum Gasteiger partial charge on any atom is -0.563 e. The highest BCUT2D eigenvalue weighted by atomic mass is 35.5. The topological polar surface area (TPSA) is 61.9 Å². The van der Waals surface area contributed by atoms with Crippen molar-refractivity contribution in [1.29, 1.82) is 0 Å².